The number of thioether (sulfide) groups is 1. The Morgan fingerprint density at radius 3 is 2.87 bits per heavy atom. The van der Waals surface area contributed by atoms with E-state index in [-0.39, 0.29) is 0 Å². The number of rotatable bonds is 2. The highest BCUT2D eigenvalue weighted by Crippen LogP contribution is 2.45. The Hall–Kier alpha value is 0.0100. The third-order valence-corrected chi connectivity index (χ3v) is 5.78. The number of fused-ring (bicyclic) bond motifs is 1. The topological polar surface area (TPSA) is 12.0 Å². The average molecular weight is 239 g/mol. The van der Waals surface area contributed by atoms with Crippen LogP contribution in [0.15, 0.2) is 15.7 Å². The predicted molar refractivity (Wildman–Crippen MR) is 67.7 cm³/mol. The first-order valence-corrected chi connectivity index (χ1v) is 7.50. The summed E-state index contributed by atoms with van der Waals surface area (Å²) in [5, 5.41) is 6.81. The summed E-state index contributed by atoms with van der Waals surface area (Å²) in [6.07, 6.45) is 2.66. The molecular weight excluding hydrogens is 222 g/mol. The minimum atomic E-state index is 0.623. The molecule has 1 aromatic rings. The third kappa shape index (κ3) is 1.97. The highest BCUT2D eigenvalue weighted by Gasteiger charge is 2.36. The minimum absolute atomic E-state index is 0.623. The van der Waals surface area contributed by atoms with Crippen LogP contribution < -0.4 is 5.32 Å². The van der Waals surface area contributed by atoms with E-state index in [2.05, 4.69) is 30.6 Å². The van der Waals surface area contributed by atoms with Crippen LogP contribution in [-0.2, 0) is 0 Å². The summed E-state index contributed by atoms with van der Waals surface area (Å²) in [7, 11) is 0. The van der Waals surface area contributed by atoms with E-state index in [1.165, 1.54) is 12.8 Å². The van der Waals surface area contributed by atoms with Crippen LogP contribution in [0.25, 0.3) is 0 Å². The van der Waals surface area contributed by atoms with E-state index >= 15 is 0 Å². The molecule has 0 radical (unpaired) electrons. The Morgan fingerprint density at radius 2 is 2.13 bits per heavy atom. The molecule has 2 aliphatic rings. The Kier molecular flexibility index (Phi) is 2.57. The second-order valence-electron chi connectivity index (χ2n) is 4.87. The van der Waals surface area contributed by atoms with Crippen LogP contribution >= 0.6 is 23.1 Å². The van der Waals surface area contributed by atoms with Crippen molar-refractivity contribution in [2.45, 2.75) is 48.2 Å². The van der Waals surface area contributed by atoms with E-state index in [9.17, 15) is 0 Å². The van der Waals surface area contributed by atoms with Gasteiger partial charge in [-0.1, -0.05) is 13.8 Å². The largest absolute Gasteiger partial charge is 0.307 e. The fourth-order valence-corrected chi connectivity index (χ4v) is 4.89. The lowest BCUT2D eigenvalue weighted by molar-refractivity contribution is 0.475. The maximum Gasteiger partial charge on any atom is 0.0649 e. The van der Waals surface area contributed by atoms with Crippen molar-refractivity contribution in [3.05, 3.63) is 17.0 Å². The van der Waals surface area contributed by atoms with Crippen molar-refractivity contribution in [1.82, 2.24) is 5.32 Å². The number of hydrogen-bond donors (Lipinski definition) is 1. The van der Waals surface area contributed by atoms with E-state index in [4.69, 9.17) is 0 Å². The fourth-order valence-electron chi connectivity index (χ4n) is 2.32. The van der Waals surface area contributed by atoms with Gasteiger partial charge in [-0.25, -0.2) is 0 Å². The van der Waals surface area contributed by atoms with Crippen molar-refractivity contribution in [1.29, 1.82) is 0 Å². The zero-order valence-corrected chi connectivity index (χ0v) is 10.8. The van der Waals surface area contributed by atoms with Crippen LogP contribution in [0.4, 0.5) is 0 Å². The van der Waals surface area contributed by atoms with Crippen molar-refractivity contribution in [2.24, 2.45) is 5.92 Å². The minimum Gasteiger partial charge on any atom is -0.307 e. The van der Waals surface area contributed by atoms with Crippen LogP contribution in [0.5, 0.6) is 0 Å². The molecule has 1 N–H and O–H groups in total. The first kappa shape index (κ1) is 10.2. The monoisotopic (exact) mass is 239 g/mol. The van der Waals surface area contributed by atoms with Crippen LogP contribution in [-0.4, -0.2) is 11.3 Å². The van der Waals surface area contributed by atoms with E-state index in [1.807, 2.05) is 23.1 Å². The summed E-state index contributed by atoms with van der Waals surface area (Å²) in [6, 6.07) is 3.72. The molecule has 3 heteroatoms. The van der Waals surface area contributed by atoms with Gasteiger partial charge >= 0.3 is 0 Å². The third-order valence-electron chi connectivity index (χ3n) is 3.43. The summed E-state index contributed by atoms with van der Waals surface area (Å²) in [4.78, 5) is 0. The van der Waals surface area contributed by atoms with Gasteiger partial charge in [0, 0.05) is 17.3 Å². The molecule has 0 bridgehead atoms. The lowest BCUT2D eigenvalue weighted by atomic mass is 10.0. The van der Waals surface area contributed by atoms with Gasteiger partial charge in [0.05, 0.1) is 4.21 Å². The highest BCUT2D eigenvalue weighted by atomic mass is 32.2. The summed E-state index contributed by atoms with van der Waals surface area (Å²) in [6.45, 7) is 4.69. The van der Waals surface area contributed by atoms with E-state index in [0.717, 1.165) is 17.2 Å². The van der Waals surface area contributed by atoms with Gasteiger partial charge in [0.15, 0.2) is 0 Å². The number of hydrogen-bond acceptors (Lipinski definition) is 3. The summed E-state index contributed by atoms with van der Waals surface area (Å²) < 4.78 is 1.54. The molecule has 1 fully saturated rings. The zero-order valence-electron chi connectivity index (χ0n) is 9.19. The molecule has 1 nitrogen and oxygen atoms in total. The number of nitrogens with one attached hydrogen (secondary N) is 1. The number of thiophene rings is 1. The van der Waals surface area contributed by atoms with Crippen LogP contribution in [0.3, 0.4) is 0 Å². The van der Waals surface area contributed by atoms with Gasteiger partial charge in [0.2, 0.25) is 0 Å². The van der Waals surface area contributed by atoms with Crippen molar-refractivity contribution < 1.29 is 0 Å². The lowest BCUT2D eigenvalue weighted by Crippen LogP contribution is -2.28. The molecule has 0 amide bonds. The van der Waals surface area contributed by atoms with Gasteiger partial charge in [0.25, 0.3) is 0 Å². The van der Waals surface area contributed by atoms with E-state index < -0.39 is 0 Å². The molecule has 4 atom stereocenters. The summed E-state index contributed by atoms with van der Waals surface area (Å²) >= 11 is 3.95. The SMILES string of the molecule is CC1CC1NC1C[C@H](C)Sc2sccc21. The maximum atomic E-state index is 3.81. The van der Waals surface area contributed by atoms with Gasteiger partial charge < -0.3 is 5.32 Å². The molecule has 1 aliphatic heterocycles. The second-order valence-corrected chi connectivity index (χ2v) is 7.49. The molecule has 82 valence electrons. The predicted octanol–water partition coefficient (Wildman–Crippen LogP) is 3.67. The fraction of sp³-hybridized carbons (Fsp3) is 0.667. The molecule has 0 aromatic carbocycles. The molecule has 2 heterocycles. The van der Waals surface area contributed by atoms with Crippen LogP contribution in [0, 0.1) is 5.92 Å². The molecule has 1 aliphatic carbocycles. The molecule has 1 saturated carbocycles. The Balaban J connectivity index is 1.78. The van der Waals surface area contributed by atoms with E-state index in [1.54, 1.807) is 9.77 Å². The quantitative estimate of drug-likeness (QED) is 0.845. The van der Waals surface area contributed by atoms with Crippen molar-refractivity contribution >= 4 is 23.1 Å². The highest BCUT2D eigenvalue weighted by molar-refractivity contribution is 8.01. The summed E-state index contributed by atoms with van der Waals surface area (Å²) in [5.41, 5.74) is 1.56. The van der Waals surface area contributed by atoms with Gasteiger partial charge in [-0.05, 0) is 35.8 Å². The van der Waals surface area contributed by atoms with Crippen molar-refractivity contribution in [3.63, 3.8) is 0 Å². The first-order valence-electron chi connectivity index (χ1n) is 5.74. The van der Waals surface area contributed by atoms with Gasteiger partial charge in [-0.3, -0.25) is 0 Å². The molecule has 3 unspecified atom stereocenters. The van der Waals surface area contributed by atoms with Gasteiger partial charge in [0.1, 0.15) is 0 Å². The van der Waals surface area contributed by atoms with Gasteiger partial charge in [-0.2, -0.15) is 0 Å². The smallest absolute Gasteiger partial charge is 0.0649 e. The molecule has 1 aromatic heterocycles. The average Bonchev–Trinajstić information content (AvgIpc) is 2.71. The Morgan fingerprint density at radius 1 is 1.33 bits per heavy atom. The lowest BCUT2D eigenvalue weighted by Gasteiger charge is -2.27. The van der Waals surface area contributed by atoms with Crippen LogP contribution in [0.1, 0.15) is 38.3 Å². The molecule has 0 spiro atoms. The standard InChI is InChI=1S/C12H17NS2/c1-7-5-10(7)13-11-6-8(2)15-12-9(11)3-4-14-12/h3-4,7-8,10-11,13H,5-6H2,1-2H3/t7?,8-,10?,11?/m0/s1. The van der Waals surface area contributed by atoms with E-state index in [0.29, 0.717) is 6.04 Å². The summed E-state index contributed by atoms with van der Waals surface area (Å²) in [5.74, 6) is 0.900. The second kappa shape index (κ2) is 3.79. The van der Waals surface area contributed by atoms with Crippen LogP contribution in [0.2, 0.25) is 0 Å². The normalized spacial score (nSPS) is 38.8. The van der Waals surface area contributed by atoms with Gasteiger partial charge in [-0.15, -0.1) is 23.1 Å². The molecular formula is C12H17NS2. The van der Waals surface area contributed by atoms with Crippen molar-refractivity contribution in [2.75, 3.05) is 0 Å². The Bertz CT molecular complexity index is 360. The zero-order chi connectivity index (χ0) is 10.4. The first-order chi connectivity index (χ1) is 7.24. The molecule has 15 heavy (non-hydrogen) atoms. The Labute approximate surface area is 99.7 Å². The van der Waals surface area contributed by atoms with Crippen molar-refractivity contribution in [3.8, 4) is 0 Å². The molecule has 0 saturated heterocycles. The molecule has 3 rings (SSSR count). The maximum absolute atomic E-state index is 3.81.